The summed E-state index contributed by atoms with van der Waals surface area (Å²) in [5.74, 6) is 0.475. The summed E-state index contributed by atoms with van der Waals surface area (Å²) in [6, 6.07) is 0.0319. The zero-order valence-electron chi connectivity index (χ0n) is 8.08. The second kappa shape index (κ2) is 5.19. The van der Waals surface area contributed by atoms with Crippen LogP contribution in [0.5, 0.6) is 0 Å². The van der Waals surface area contributed by atoms with Crippen LogP contribution in [0.15, 0.2) is 0 Å². The first-order valence-corrected chi connectivity index (χ1v) is 4.76. The normalized spacial score (nSPS) is 18.3. The lowest BCUT2D eigenvalue weighted by molar-refractivity contribution is -0.122. The summed E-state index contributed by atoms with van der Waals surface area (Å²) in [6.45, 7) is 1.22. The minimum atomic E-state index is 0.0319. The number of hydrogen-bond acceptors (Lipinski definition) is 3. The van der Waals surface area contributed by atoms with Gasteiger partial charge in [0, 0.05) is 25.6 Å². The molecule has 4 heteroatoms. The van der Waals surface area contributed by atoms with Gasteiger partial charge < -0.3 is 15.8 Å². The molecule has 3 N–H and O–H groups in total. The molecule has 1 atom stereocenters. The van der Waals surface area contributed by atoms with Crippen LogP contribution in [0.4, 0.5) is 0 Å². The summed E-state index contributed by atoms with van der Waals surface area (Å²) in [5.41, 5.74) is 5.69. The lowest BCUT2D eigenvalue weighted by atomic mass is 10.2. The monoisotopic (exact) mass is 186 g/mol. The topological polar surface area (TPSA) is 64.3 Å². The average Bonchev–Trinajstić information content (AvgIpc) is 2.86. The van der Waals surface area contributed by atoms with Gasteiger partial charge in [0.25, 0.3) is 0 Å². The van der Waals surface area contributed by atoms with Crippen LogP contribution in [-0.2, 0) is 9.53 Å². The lowest BCUT2D eigenvalue weighted by Crippen LogP contribution is -2.33. The Morgan fingerprint density at radius 2 is 2.38 bits per heavy atom. The first-order chi connectivity index (χ1) is 6.24. The van der Waals surface area contributed by atoms with Gasteiger partial charge in [-0.2, -0.15) is 0 Å². The number of carbonyl (C=O) groups is 1. The van der Waals surface area contributed by atoms with Gasteiger partial charge in [-0.3, -0.25) is 4.79 Å². The molecule has 1 fully saturated rings. The van der Waals surface area contributed by atoms with E-state index in [1.54, 1.807) is 7.11 Å². The number of methoxy groups -OCH3 is 1. The van der Waals surface area contributed by atoms with E-state index in [0.29, 0.717) is 19.1 Å². The predicted molar refractivity (Wildman–Crippen MR) is 50.2 cm³/mol. The standard InChI is InChI=1S/C9H18N2O2/c1-13-6-8(10)4-5-11-9(12)7-2-3-7/h7-8H,2-6,10H2,1H3,(H,11,12). The highest BCUT2D eigenvalue weighted by atomic mass is 16.5. The van der Waals surface area contributed by atoms with Crippen LogP contribution < -0.4 is 11.1 Å². The summed E-state index contributed by atoms with van der Waals surface area (Å²) >= 11 is 0. The van der Waals surface area contributed by atoms with E-state index in [4.69, 9.17) is 10.5 Å². The zero-order chi connectivity index (χ0) is 9.68. The number of nitrogens with one attached hydrogen (secondary N) is 1. The molecule has 0 bridgehead atoms. The van der Waals surface area contributed by atoms with E-state index in [1.165, 1.54) is 0 Å². The summed E-state index contributed by atoms with van der Waals surface area (Å²) in [5, 5.41) is 2.86. The Labute approximate surface area is 78.8 Å². The van der Waals surface area contributed by atoms with Gasteiger partial charge in [-0.1, -0.05) is 0 Å². The van der Waals surface area contributed by atoms with Crippen LogP contribution in [0.2, 0.25) is 0 Å². The van der Waals surface area contributed by atoms with Crippen LogP contribution in [0, 0.1) is 5.92 Å². The average molecular weight is 186 g/mol. The summed E-state index contributed by atoms with van der Waals surface area (Å²) in [7, 11) is 1.63. The van der Waals surface area contributed by atoms with Crippen LogP contribution in [-0.4, -0.2) is 32.2 Å². The molecule has 0 aliphatic heterocycles. The molecule has 0 aromatic carbocycles. The highest BCUT2D eigenvalue weighted by Crippen LogP contribution is 2.28. The fourth-order valence-corrected chi connectivity index (χ4v) is 1.17. The largest absolute Gasteiger partial charge is 0.383 e. The molecular formula is C9H18N2O2. The molecule has 1 amide bonds. The summed E-state index contributed by atoms with van der Waals surface area (Å²) in [4.78, 5) is 11.2. The molecule has 0 aromatic heterocycles. The quantitative estimate of drug-likeness (QED) is 0.607. The first-order valence-electron chi connectivity index (χ1n) is 4.76. The zero-order valence-corrected chi connectivity index (χ0v) is 8.08. The highest BCUT2D eigenvalue weighted by Gasteiger charge is 2.29. The fraction of sp³-hybridized carbons (Fsp3) is 0.889. The Balaban J connectivity index is 1.96. The molecule has 1 aliphatic carbocycles. The Kier molecular flexibility index (Phi) is 4.18. The predicted octanol–water partition coefficient (Wildman–Crippen LogP) is -0.124. The molecule has 0 radical (unpaired) electrons. The second-order valence-corrected chi connectivity index (χ2v) is 3.57. The van der Waals surface area contributed by atoms with E-state index in [1.807, 2.05) is 0 Å². The van der Waals surface area contributed by atoms with E-state index in [-0.39, 0.29) is 11.9 Å². The number of rotatable bonds is 6. The molecule has 0 aromatic rings. The fourth-order valence-electron chi connectivity index (χ4n) is 1.17. The van der Waals surface area contributed by atoms with E-state index >= 15 is 0 Å². The molecule has 1 rings (SSSR count). The maximum absolute atomic E-state index is 11.2. The molecule has 13 heavy (non-hydrogen) atoms. The van der Waals surface area contributed by atoms with Crippen molar-refractivity contribution < 1.29 is 9.53 Å². The number of nitrogens with two attached hydrogens (primary N) is 1. The Hall–Kier alpha value is -0.610. The van der Waals surface area contributed by atoms with Crippen LogP contribution in [0.3, 0.4) is 0 Å². The minimum absolute atomic E-state index is 0.0319. The van der Waals surface area contributed by atoms with Crippen molar-refractivity contribution in [2.75, 3.05) is 20.3 Å². The van der Waals surface area contributed by atoms with E-state index in [9.17, 15) is 4.79 Å². The lowest BCUT2D eigenvalue weighted by Gasteiger charge is -2.10. The third-order valence-corrected chi connectivity index (χ3v) is 2.14. The van der Waals surface area contributed by atoms with Crippen molar-refractivity contribution in [3.8, 4) is 0 Å². The maximum Gasteiger partial charge on any atom is 0.223 e. The summed E-state index contributed by atoms with van der Waals surface area (Å²) in [6.07, 6.45) is 2.89. The first kappa shape index (κ1) is 10.5. The second-order valence-electron chi connectivity index (χ2n) is 3.57. The molecule has 0 spiro atoms. The third-order valence-electron chi connectivity index (χ3n) is 2.14. The third kappa shape index (κ3) is 4.24. The van der Waals surface area contributed by atoms with Crippen molar-refractivity contribution in [3.63, 3.8) is 0 Å². The van der Waals surface area contributed by atoms with Gasteiger partial charge in [-0.25, -0.2) is 0 Å². The molecule has 1 unspecified atom stereocenters. The molecule has 1 aliphatic rings. The molecule has 1 saturated carbocycles. The van der Waals surface area contributed by atoms with Crippen molar-refractivity contribution >= 4 is 5.91 Å². The summed E-state index contributed by atoms with van der Waals surface area (Å²) < 4.78 is 4.88. The smallest absolute Gasteiger partial charge is 0.223 e. The van der Waals surface area contributed by atoms with Gasteiger partial charge >= 0.3 is 0 Å². The van der Waals surface area contributed by atoms with E-state index < -0.39 is 0 Å². The van der Waals surface area contributed by atoms with Gasteiger partial charge in [0.05, 0.1) is 6.61 Å². The highest BCUT2D eigenvalue weighted by molar-refractivity contribution is 5.80. The van der Waals surface area contributed by atoms with E-state index in [0.717, 1.165) is 19.3 Å². The maximum atomic E-state index is 11.2. The number of ether oxygens (including phenoxy) is 1. The van der Waals surface area contributed by atoms with Crippen LogP contribution in [0.25, 0.3) is 0 Å². The Morgan fingerprint density at radius 1 is 1.69 bits per heavy atom. The van der Waals surface area contributed by atoms with Crippen molar-refractivity contribution in [2.45, 2.75) is 25.3 Å². The Morgan fingerprint density at radius 3 is 2.92 bits per heavy atom. The van der Waals surface area contributed by atoms with E-state index in [2.05, 4.69) is 5.32 Å². The van der Waals surface area contributed by atoms with Crippen molar-refractivity contribution in [1.82, 2.24) is 5.32 Å². The molecule has 76 valence electrons. The Bertz CT molecular complexity index is 169. The number of carbonyl (C=O) groups excluding carboxylic acids is 1. The van der Waals surface area contributed by atoms with Crippen molar-refractivity contribution in [3.05, 3.63) is 0 Å². The van der Waals surface area contributed by atoms with Gasteiger partial charge in [0.2, 0.25) is 5.91 Å². The number of amides is 1. The SMILES string of the molecule is COCC(N)CCNC(=O)C1CC1. The van der Waals surface area contributed by atoms with Gasteiger partial charge in [-0.15, -0.1) is 0 Å². The molecule has 0 heterocycles. The number of hydrogen-bond donors (Lipinski definition) is 2. The molecule has 4 nitrogen and oxygen atoms in total. The van der Waals surface area contributed by atoms with Crippen LogP contribution >= 0.6 is 0 Å². The molecular weight excluding hydrogens is 168 g/mol. The van der Waals surface area contributed by atoms with Crippen LogP contribution in [0.1, 0.15) is 19.3 Å². The van der Waals surface area contributed by atoms with Gasteiger partial charge in [0.15, 0.2) is 0 Å². The van der Waals surface area contributed by atoms with Gasteiger partial charge in [0.1, 0.15) is 0 Å². The van der Waals surface area contributed by atoms with Crippen molar-refractivity contribution in [1.29, 1.82) is 0 Å². The molecule has 0 saturated heterocycles. The minimum Gasteiger partial charge on any atom is -0.383 e. The van der Waals surface area contributed by atoms with Gasteiger partial charge in [-0.05, 0) is 19.3 Å². The van der Waals surface area contributed by atoms with Crippen molar-refractivity contribution in [2.24, 2.45) is 11.7 Å².